The van der Waals surface area contributed by atoms with Gasteiger partial charge in [-0.2, -0.15) is 0 Å². The molecule has 1 saturated heterocycles. The highest BCUT2D eigenvalue weighted by atomic mass is 16.5. The lowest BCUT2D eigenvalue weighted by Gasteiger charge is -2.41. The van der Waals surface area contributed by atoms with Crippen LogP contribution in [0.5, 0.6) is 0 Å². The smallest absolute Gasteiger partial charge is 0.337 e. The molecular weight excluding hydrogens is 1220 g/mol. The molecule has 0 bridgehead atoms. The third-order valence-electron chi connectivity index (χ3n) is 18.0. The zero-order chi connectivity index (χ0) is 73.0. The average molecular weight is 1340 g/mol. The Morgan fingerprint density at radius 1 is 0.526 bits per heavy atom. The van der Waals surface area contributed by atoms with Crippen LogP contribution in [0.25, 0.3) is 0 Å². The molecule has 1 fully saturated rings. The number of esters is 1. The summed E-state index contributed by atoms with van der Waals surface area (Å²) in [6, 6.07) is -5.72. The van der Waals surface area contributed by atoms with Crippen LogP contribution in [0.15, 0.2) is 24.3 Å². The molecule has 0 radical (unpaired) electrons. The van der Waals surface area contributed by atoms with E-state index in [1.54, 1.807) is 59.7 Å². The molecule has 0 spiro atoms. The average Bonchev–Trinajstić information content (AvgIpc) is 0.808. The zero-order valence-corrected chi connectivity index (χ0v) is 61.7. The van der Waals surface area contributed by atoms with Gasteiger partial charge in [0.2, 0.25) is 65.0 Å². The number of carbonyl (C=O) groups excluding carboxylic acids is 12. The lowest BCUT2D eigenvalue weighted by Crippen LogP contribution is -2.63. The summed E-state index contributed by atoms with van der Waals surface area (Å²) in [5, 5.41) is 23.6. The Balaban J connectivity index is 3.01. The predicted molar refractivity (Wildman–Crippen MR) is 364 cm³/mol. The molecule has 11 amide bonds. The third-order valence-corrected chi connectivity index (χ3v) is 18.0. The minimum absolute atomic E-state index is 0.0567. The second-order valence-corrected chi connectivity index (χ2v) is 28.8. The van der Waals surface area contributed by atoms with E-state index in [0.29, 0.717) is 31.2 Å². The van der Waals surface area contributed by atoms with E-state index >= 15 is 19.2 Å². The van der Waals surface area contributed by atoms with Gasteiger partial charge in [0, 0.05) is 49.3 Å². The third kappa shape index (κ3) is 23.9. The maximum atomic E-state index is 15.5. The number of methoxy groups -OCH3 is 1. The van der Waals surface area contributed by atoms with Gasteiger partial charge in [0.15, 0.2) is 0 Å². The van der Waals surface area contributed by atoms with Crippen molar-refractivity contribution in [3.05, 3.63) is 35.4 Å². The number of aryl methyl sites for hydroxylation is 1. The minimum Gasteiger partial charge on any atom is -0.465 e. The van der Waals surface area contributed by atoms with Gasteiger partial charge >= 0.3 is 5.97 Å². The lowest BCUT2D eigenvalue weighted by molar-refractivity contribution is -0.157. The number of likely N-dealkylation sites (N-methyl/N-ethyl adjacent to an activating group) is 7. The Hall–Kier alpha value is -7.18. The van der Waals surface area contributed by atoms with Crippen LogP contribution in [0.1, 0.15) is 178 Å². The van der Waals surface area contributed by atoms with Crippen LogP contribution in [0.4, 0.5) is 0 Å². The Labute approximate surface area is 566 Å². The number of carbonyl (C=O) groups is 12. The first kappa shape index (κ1) is 83.9. The number of amides is 11. The van der Waals surface area contributed by atoms with E-state index in [4.69, 9.17) is 4.74 Å². The van der Waals surface area contributed by atoms with Crippen LogP contribution in [0.2, 0.25) is 0 Å². The SMILES string of the molecule is CCC[C@@H]1NC(=O)[C@H]([C@H](O)[C@H](C)CCCc2cccc(C(=O)OC)c2)N(C)C(=O)[C@H](C(C)C)N(C)C(=O)[C@H](CC(C)C)N(C)C(=O)[C@H](CC(C)C)N(C)C(=O)[C@H](C)NC(=O)[C@@H](C)NC(=O)[C@@H](CC(C)C)N(C)C(=O)[C@@H](C(C)C)NC(=O)[C@H](CC(C)C)N(C)C(=O)CN(C)C1=O. The fraction of sp³-hybridized carbons (Fsp3) is 0.743. The van der Waals surface area contributed by atoms with E-state index in [1.807, 2.05) is 61.5 Å². The van der Waals surface area contributed by atoms with Gasteiger partial charge in [-0.15, -0.1) is 0 Å². The number of hydrogen-bond acceptors (Lipinski definition) is 14. The number of hydrogen-bond donors (Lipinski definition) is 5. The highest BCUT2D eigenvalue weighted by molar-refractivity contribution is 6.00. The van der Waals surface area contributed by atoms with Crippen molar-refractivity contribution in [1.29, 1.82) is 0 Å². The molecule has 1 heterocycles. The van der Waals surface area contributed by atoms with E-state index in [2.05, 4.69) is 21.3 Å². The normalized spacial score (nSPS) is 25.1. The monoisotopic (exact) mass is 1340 g/mol. The van der Waals surface area contributed by atoms with Gasteiger partial charge < -0.3 is 65.4 Å². The van der Waals surface area contributed by atoms with Crippen LogP contribution < -0.4 is 21.3 Å². The number of benzene rings is 1. The number of rotatable bonds is 19. The summed E-state index contributed by atoms with van der Waals surface area (Å²) in [5.41, 5.74) is 1.18. The van der Waals surface area contributed by atoms with Crippen molar-refractivity contribution in [3.8, 4) is 0 Å². The molecule has 5 N–H and O–H groups in total. The van der Waals surface area contributed by atoms with E-state index in [9.17, 15) is 43.5 Å². The van der Waals surface area contributed by atoms with Crippen molar-refractivity contribution < 1.29 is 67.4 Å². The summed E-state index contributed by atoms with van der Waals surface area (Å²) in [7, 11) is 11.2. The van der Waals surface area contributed by atoms with Crippen molar-refractivity contribution in [2.45, 2.75) is 235 Å². The van der Waals surface area contributed by atoms with Crippen molar-refractivity contribution >= 4 is 70.9 Å². The van der Waals surface area contributed by atoms with Crippen LogP contribution in [0.3, 0.4) is 0 Å². The van der Waals surface area contributed by atoms with Crippen LogP contribution in [-0.4, -0.2) is 240 Å². The lowest BCUT2D eigenvalue weighted by atomic mass is 9.89. The number of nitrogens with zero attached hydrogens (tertiary/aromatic N) is 7. The summed E-state index contributed by atoms with van der Waals surface area (Å²) in [4.78, 5) is 183. The molecule has 0 aliphatic carbocycles. The second-order valence-electron chi connectivity index (χ2n) is 28.8. The topological polar surface area (TPSA) is 305 Å². The molecule has 2 rings (SSSR count). The fourth-order valence-electron chi connectivity index (χ4n) is 12.2. The molecule has 0 saturated carbocycles. The molecule has 0 aromatic heterocycles. The standard InChI is InChI=1S/C70H119N11O14/c1-25-28-50-65(89)75(17)38-55(82)76(18)51(33-39(2)3)62(86)74-56(43(10)11)68(92)77(19)52(34-40(4)5)61(85)71-46(15)60(84)72-47(16)64(88)78(20)53(35-41(6)7)66(90)79(21)54(36-42(8)9)67(91)80(22)57(44(12)13)69(93)81(23)58(63(87)73-50)59(83)45(14)29-26-30-48-31-27-32-49(37-48)70(94)95-24/h27,31-32,37,39-47,50-54,56-59,83H,25-26,28-30,33-36,38H2,1-24H3,(H,71,85)(H,72,84)(H,73,87)(H,74,86)/t45-,46-,47+,50+,51+,52-,53+,54+,56-,57+,58+,59-/m1/s1. The Kier molecular flexibility index (Phi) is 34.0. The first-order valence-corrected chi connectivity index (χ1v) is 34.0. The van der Waals surface area contributed by atoms with Crippen molar-refractivity contribution in [1.82, 2.24) is 55.6 Å². The van der Waals surface area contributed by atoms with E-state index in [0.717, 1.165) is 15.4 Å². The number of ether oxygens (including phenoxy) is 1. The number of aliphatic hydroxyl groups is 1. The van der Waals surface area contributed by atoms with Crippen LogP contribution >= 0.6 is 0 Å². The van der Waals surface area contributed by atoms with Gasteiger partial charge in [0.05, 0.1) is 25.3 Å². The Bertz CT molecular complexity index is 2790. The molecule has 538 valence electrons. The first-order chi connectivity index (χ1) is 44.1. The predicted octanol–water partition coefficient (Wildman–Crippen LogP) is 4.50. The highest BCUT2D eigenvalue weighted by Crippen LogP contribution is 2.27. The van der Waals surface area contributed by atoms with Gasteiger partial charge in [-0.05, 0) is 124 Å². The summed E-state index contributed by atoms with van der Waals surface area (Å²) in [6.45, 7) is 27.6. The molecule has 1 aliphatic rings. The van der Waals surface area contributed by atoms with Gasteiger partial charge in [0.25, 0.3) is 0 Å². The second kappa shape index (κ2) is 38.5. The zero-order valence-electron chi connectivity index (χ0n) is 61.7. The molecule has 1 aromatic rings. The summed E-state index contributed by atoms with van der Waals surface area (Å²) < 4.78 is 4.91. The Morgan fingerprint density at radius 2 is 0.989 bits per heavy atom. The van der Waals surface area contributed by atoms with Crippen molar-refractivity contribution in [2.24, 2.45) is 41.4 Å². The number of nitrogens with one attached hydrogen (secondary N) is 4. The molecule has 0 unspecified atom stereocenters. The molecule has 1 aromatic carbocycles. The van der Waals surface area contributed by atoms with Crippen molar-refractivity contribution in [2.75, 3.05) is 63.0 Å². The van der Waals surface area contributed by atoms with Gasteiger partial charge in [-0.1, -0.05) is 115 Å². The van der Waals surface area contributed by atoms with Gasteiger partial charge in [-0.25, -0.2) is 4.79 Å². The Morgan fingerprint density at radius 3 is 1.48 bits per heavy atom. The molecule has 1 aliphatic heterocycles. The van der Waals surface area contributed by atoms with E-state index in [-0.39, 0.29) is 55.8 Å². The van der Waals surface area contributed by atoms with Gasteiger partial charge in [0.1, 0.15) is 60.4 Å². The van der Waals surface area contributed by atoms with E-state index in [1.165, 1.54) is 94.8 Å². The first-order valence-electron chi connectivity index (χ1n) is 34.0. The van der Waals surface area contributed by atoms with E-state index < -0.39 is 162 Å². The molecular formula is C70H119N11O14. The highest BCUT2D eigenvalue weighted by Gasteiger charge is 2.46. The van der Waals surface area contributed by atoms with Crippen LogP contribution in [0, 0.1) is 41.4 Å². The molecule has 12 atom stereocenters. The quantitative estimate of drug-likeness (QED) is 0.119. The van der Waals surface area contributed by atoms with Crippen molar-refractivity contribution in [3.63, 3.8) is 0 Å². The maximum Gasteiger partial charge on any atom is 0.337 e. The fourth-order valence-corrected chi connectivity index (χ4v) is 12.2. The molecule has 25 heteroatoms. The van der Waals surface area contributed by atoms with Gasteiger partial charge in [-0.3, -0.25) is 52.7 Å². The minimum atomic E-state index is -1.68. The largest absolute Gasteiger partial charge is 0.465 e. The molecule has 95 heavy (non-hydrogen) atoms. The summed E-state index contributed by atoms with van der Waals surface area (Å²) in [5.74, 6) is -10.6. The summed E-state index contributed by atoms with van der Waals surface area (Å²) in [6.07, 6.45) is 0.635. The number of aliphatic hydroxyl groups excluding tert-OH is 1. The summed E-state index contributed by atoms with van der Waals surface area (Å²) >= 11 is 0. The van der Waals surface area contributed by atoms with Crippen LogP contribution in [-0.2, 0) is 63.9 Å². The maximum absolute atomic E-state index is 15.5. The molecule has 25 nitrogen and oxygen atoms in total.